The lowest BCUT2D eigenvalue weighted by Crippen LogP contribution is -2.49. The van der Waals surface area contributed by atoms with Gasteiger partial charge >= 0.3 is 0 Å². The first-order valence-electron chi connectivity index (χ1n) is 6.44. The summed E-state index contributed by atoms with van der Waals surface area (Å²) >= 11 is 0. The number of ketones is 1. The molecule has 0 bridgehead atoms. The molecule has 0 aromatic rings. The lowest BCUT2D eigenvalue weighted by atomic mass is 9.97. The number of morpholine rings is 1. The highest BCUT2D eigenvalue weighted by molar-refractivity contribution is 5.97. The SMILES string of the molecule is CC.CC(=O)/C(C#N)=C\C(C)(C)N1CCOCC1. The number of hydrogen-bond donors (Lipinski definition) is 0. The van der Waals surface area contributed by atoms with Gasteiger partial charge in [-0.2, -0.15) is 5.26 Å². The van der Waals surface area contributed by atoms with E-state index < -0.39 is 0 Å². The number of carbonyl (C=O) groups excluding carboxylic acids is 1. The molecule has 1 aliphatic heterocycles. The minimum Gasteiger partial charge on any atom is -0.379 e. The predicted octanol–water partition coefficient (Wildman–Crippen LogP) is 2.16. The highest BCUT2D eigenvalue weighted by atomic mass is 16.5. The minimum atomic E-state index is -0.277. The summed E-state index contributed by atoms with van der Waals surface area (Å²) in [5.41, 5.74) is -0.0444. The normalized spacial score (nSPS) is 17.4. The van der Waals surface area contributed by atoms with Crippen molar-refractivity contribution >= 4 is 5.78 Å². The summed E-state index contributed by atoms with van der Waals surface area (Å²) in [5, 5.41) is 8.88. The number of allylic oxidation sites excluding steroid dienone is 1. The Morgan fingerprint density at radius 3 is 2.22 bits per heavy atom. The summed E-state index contributed by atoms with van der Waals surface area (Å²) in [6.07, 6.45) is 1.75. The van der Waals surface area contributed by atoms with Crippen molar-refractivity contribution in [3.8, 4) is 6.07 Å². The summed E-state index contributed by atoms with van der Waals surface area (Å²) in [6.45, 7) is 12.5. The van der Waals surface area contributed by atoms with Gasteiger partial charge in [0.15, 0.2) is 5.78 Å². The second kappa shape index (κ2) is 8.02. The van der Waals surface area contributed by atoms with E-state index in [1.165, 1.54) is 6.92 Å². The Morgan fingerprint density at radius 1 is 1.33 bits per heavy atom. The zero-order valence-corrected chi connectivity index (χ0v) is 12.1. The molecule has 18 heavy (non-hydrogen) atoms. The summed E-state index contributed by atoms with van der Waals surface area (Å²) < 4.78 is 5.28. The molecule has 0 unspecified atom stereocenters. The molecular formula is C14H24N2O2. The highest BCUT2D eigenvalue weighted by Crippen LogP contribution is 2.19. The van der Waals surface area contributed by atoms with E-state index in [-0.39, 0.29) is 16.9 Å². The number of ether oxygens (including phenoxy) is 1. The lowest BCUT2D eigenvalue weighted by Gasteiger charge is -2.39. The van der Waals surface area contributed by atoms with Crippen LogP contribution >= 0.6 is 0 Å². The van der Waals surface area contributed by atoms with Gasteiger partial charge in [0.2, 0.25) is 0 Å². The third kappa shape index (κ3) is 4.99. The Hall–Kier alpha value is -1.18. The van der Waals surface area contributed by atoms with Crippen LogP contribution < -0.4 is 0 Å². The molecule has 4 heteroatoms. The van der Waals surface area contributed by atoms with Crippen LogP contribution in [0.2, 0.25) is 0 Å². The molecule has 1 saturated heterocycles. The second-order valence-corrected chi connectivity index (χ2v) is 4.48. The lowest BCUT2D eigenvalue weighted by molar-refractivity contribution is -0.113. The number of carbonyl (C=O) groups is 1. The number of Topliss-reactive ketones (excluding diaryl/α,β-unsaturated/α-hetero) is 1. The molecule has 0 atom stereocenters. The van der Waals surface area contributed by atoms with Gasteiger partial charge in [0.25, 0.3) is 0 Å². The number of nitriles is 1. The number of nitrogens with zero attached hydrogens (tertiary/aromatic N) is 2. The van der Waals surface area contributed by atoms with E-state index >= 15 is 0 Å². The van der Waals surface area contributed by atoms with Crippen LogP contribution in [-0.2, 0) is 9.53 Å². The Labute approximate surface area is 110 Å². The summed E-state index contributed by atoms with van der Waals surface area (Å²) in [6, 6.07) is 1.95. The van der Waals surface area contributed by atoms with Crippen molar-refractivity contribution in [2.75, 3.05) is 26.3 Å². The fourth-order valence-corrected chi connectivity index (χ4v) is 1.80. The van der Waals surface area contributed by atoms with Gasteiger partial charge in [0.1, 0.15) is 6.07 Å². The summed E-state index contributed by atoms with van der Waals surface area (Å²) in [4.78, 5) is 13.4. The third-order valence-corrected chi connectivity index (χ3v) is 2.82. The molecule has 0 amide bonds. The van der Waals surface area contributed by atoms with E-state index in [4.69, 9.17) is 10.00 Å². The van der Waals surface area contributed by atoms with Gasteiger partial charge in [-0.05, 0) is 26.8 Å². The van der Waals surface area contributed by atoms with E-state index in [0.717, 1.165) is 13.1 Å². The van der Waals surface area contributed by atoms with Crippen molar-refractivity contribution in [2.45, 2.75) is 40.2 Å². The van der Waals surface area contributed by atoms with E-state index in [1.54, 1.807) is 6.08 Å². The fraction of sp³-hybridized carbons (Fsp3) is 0.714. The first-order chi connectivity index (χ1) is 8.47. The number of hydrogen-bond acceptors (Lipinski definition) is 4. The Bertz CT molecular complexity index is 334. The first kappa shape index (κ1) is 16.8. The molecule has 0 radical (unpaired) electrons. The second-order valence-electron chi connectivity index (χ2n) is 4.48. The quantitative estimate of drug-likeness (QED) is 0.570. The van der Waals surface area contributed by atoms with E-state index in [2.05, 4.69) is 4.90 Å². The van der Waals surface area contributed by atoms with Crippen molar-refractivity contribution in [1.29, 1.82) is 5.26 Å². The molecule has 1 fully saturated rings. The average Bonchev–Trinajstić information content (AvgIpc) is 2.39. The maximum atomic E-state index is 11.2. The Morgan fingerprint density at radius 2 is 1.83 bits per heavy atom. The fourth-order valence-electron chi connectivity index (χ4n) is 1.80. The molecule has 0 aliphatic carbocycles. The predicted molar refractivity (Wildman–Crippen MR) is 72.2 cm³/mol. The molecule has 0 saturated carbocycles. The largest absolute Gasteiger partial charge is 0.379 e. The average molecular weight is 252 g/mol. The van der Waals surface area contributed by atoms with Gasteiger partial charge in [-0.3, -0.25) is 9.69 Å². The summed E-state index contributed by atoms with van der Waals surface area (Å²) in [7, 11) is 0. The van der Waals surface area contributed by atoms with E-state index in [9.17, 15) is 4.79 Å². The third-order valence-electron chi connectivity index (χ3n) is 2.82. The Kier molecular flexibility index (Phi) is 7.49. The molecule has 0 spiro atoms. The van der Waals surface area contributed by atoms with Gasteiger partial charge in [-0.25, -0.2) is 0 Å². The minimum absolute atomic E-state index is 0.177. The number of rotatable bonds is 3. The van der Waals surface area contributed by atoms with Crippen LogP contribution in [0.3, 0.4) is 0 Å². The zero-order chi connectivity index (χ0) is 14.2. The van der Waals surface area contributed by atoms with Crippen LogP contribution in [0.1, 0.15) is 34.6 Å². The van der Waals surface area contributed by atoms with Gasteiger partial charge in [-0.15, -0.1) is 0 Å². The van der Waals surface area contributed by atoms with Crippen molar-refractivity contribution in [3.63, 3.8) is 0 Å². The molecule has 1 rings (SSSR count). The van der Waals surface area contributed by atoms with Crippen LogP contribution in [0.5, 0.6) is 0 Å². The Balaban J connectivity index is 0.00000137. The van der Waals surface area contributed by atoms with Crippen LogP contribution in [0.15, 0.2) is 11.6 Å². The van der Waals surface area contributed by atoms with Gasteiger partial charge < -0.3 is 4.74 Å². The van der Waals surface area contributed by atoms with E-state index in [0.29, 0.717) is 13.2 Å². The maximum absolute atomic E-state index is 11.2. The van der Waals surface area contributed by atoms with Crippen molar-refractivity contribution < 1.29 is 9.53 Å². The molecule has 0 aromatic carbocycles. The van der Waals surface area contributed by atoms with Crippen LogP contribution in [0.4, 0.5) is 0 Å². The topological polar surface area (TPSA) is 53.3 Å². The first-order valence-corrected chi connectivity index (χ1v) is 6.44. The maximum Gasteiger partial charge on any atom is 0.170 e. The van der Waals surface area contributed by atoms with E-state index in [1.807, 2.05) is 33.8 Å². The summed E-state index contributed by atoms with van der Waals surface area (Å²) in [5.74, 6) is -0.177. The van der Waals surface area contributed by atoms with Crippen molar-refractivity contribution in [1.82, 2.24) is 4.90 Å². The van der Waals surface area contributed by atoms with Crippen LogP contribution in [-0.4, -0.2) is 42.5 Å². The molecule has 1 aliphatic rings. The van der Waals surface area contributed by atoms with Crippen molar-refractivity contribution in [3.05, 3.63) is 11.6 Å². The highest BCUT2D eigenvalue weighted by Gasteiger charge is 2.27. The molecule has 0 aromatic heterocycles. The van der Waals surface area contributed by atoms with Gasteiger partial charge in [0.05, 0.1) is 18.8 Å². The molecule has 4 nitrogen and oxygen atoms in total. The molecule has 102 valence electrons. The van der Waals surface area contributed by atoms with Crippen LogP contribution in [0.25, 0.3) is 0 Å². The smallest absolute Gasteiger partial charge is 0.170 e. The monoisotopic (exact) mass is 252 g/mol. The molecular weight excluding hydrogens is 228 g/mol. The molecule has 0 N–H and O–H groups in total. The van der Waals surface area contributed by atoms with Crippen molar-refractivity contribution in [2.24, 2.45) is 0 Å². The van der Waals surface area contributed by atoms with Crippen LogP contribution in [0, 0.1) is 11.3 Å². The zero-order valence-electron chi connectivity index (χ0n) is 12.1. The molecule has 1 heterocycles. The van der Waals surface area contributed by atoms with Gasteiger partial charge in [-0.1, -0.05) is 13.8 Å². The van der Waals surface area contributed by atoms with Gasteiger partial charge in [0, 0.05) is 18.6 Å². The standard InChI is InChI=1S/C12H18N2O2.C2H6/c1-10(15)11(9-13)8-12(2,3)14-4-6-16-7-5-14;1-2/h8H,4-7H2,1-3H3;1-2H3/b11-8-;.